The van der Waals surface area contributed by atoms with E-state index in [9.17, 15) is 19.0 Å². The molecule has 0 aliphatic heterocycles. The van der Waals surface area contributed by atoms with E-state index in [1.54, 1.807) is 74.7 Å². The van der Waals surface area contributed by atoms with Crippen molar-refractivity contribution < 1.29 is 28.3 Å². The number of rotatable bonds is 8. The van der Waals surface area contributed by atoms with E-state index in [0.717, 1.165) is 10.3 Å². The third kappa shape index (κ3) is 7.17. The van der Waals surface area contributed by atoms with Crippen LogP contribution in [0.4, 0.5) is 0 Å². The minimum atomic E-state index is -4.68. The molecule has 1 aromatic heterocycles. The first-order valence-electron chi connectivity index (χ1n) is 10.4. The molecule has 2 aromatic carbocycles. The van der Waals surface area contributed by atoms with Gasteiger partial charge in [0.05, 0.1) is 5.41 Å². The average molecular weight is 556 g/mol. The van der Waals surface area contributed by atoms with Gasteiger partial charge in [-0.2, -0.15) is 0 Å². The number of fused-ring (bicyclic) bond motifs is 1. The monoisotopic (exact) mass is 555 g/mol. The molecule has 0 saturated carbocycles. The second-order valence-electron chi connectivity index (χ2n) is 8.62. The van der Waals surface area contributed by atoms with Gasteiger partial charge in [-0.1, -0.05) is 35.3 Å². The fraction of sp³-hybridized carbons (Fsp3) is 0.250. The molecule has 3 rings (SSSR count). The number of hydrogen-bond donors (Lipinski definition) is 2. The third-order valence-electron chi connectivity index (χ3n) is 4.82. The predicted octanol–water partition coefficient (Wildman–Crippen LogP) is 6.79. The highest BCUT2D eigenvalue weighted by Crippen LogP contribution is 2.58. The van der Waals surface area contributed by atoms with Crippen LogP contribution in [0.25, 0.3) is 16.2 Å². The zero-order chi connectivity index (χ0) is 25.8. The van der Waals surface area contributed by atoms with E-state index in [-0.39, 0.29) is 5.56 Å². The maximum Gasteiger partial charge on any atom is 0.347 e. The molecule has 2 N–H and O–H groups in total. The standard InChI is InChI=1S/C24H24Cl2NO6PS/c1-24(2,3)23(29)32-14-33-34(30,31)21(19-13-35-20-8-7-17(26)12-18(19)20)22(28)27-10-9-15-5-4-6-16(25)11-15/h4-13,21H,14H2,1-3H3,(H,27,28)(H,30,31). The number of benzene rings is 2. The maximum absolute atomic E-state index is 13.3. The van der Waals surface area contributed by atoms with Crippen LogP contribution in [0.2, 0.25) is 10.0 Å². The van der Waals surface area contributed by atoms with Crippen LogP contribution in [0.5, 0.6) is 0 Å². The van der Waals surface area contributed by atoms with Gasteiger partial charge in [-0.25, -0.2) is 0 Å². The molecule has 0 bridgehead atoms. The first-order chi connectivity index (χ1) is 16.4. The van der Waals surface area contributed by atoms with Crippen molar-refractivity contribution in [1.82, 2.24) is 5.32 Å². The summed E-state index contributed by atoms with van der Waals surface area (Å²) in [4.78, 5) is 36.0. The highest BCUT2D eigenvalue weighted by molar-refractivity contribution is 7.54. The number of ether oxygens (including phenoxy) is 1. The van der Waals surface area contributed by atoms with Gasteiger partial charge in [-0.15, -0.1) is 11.3 Å². The van der Waals surface area contributed by atoms with Gasteiger partial charge < -0.3 is 14.9 Å². The molecule has 0 saturated heterocycles. The Morgan fingerprint density at radius 2 is 1.89 bits per heavy atom. The van der Waals surface area contributed by atoms with Gasteiger partial charge in [0, 0.05) is 20.9 Å². The molecule has 11 heteroatoms. The average Bonchev–Trinajstić information content (AvgIpc) is 3.15. The van der Waals surface area contributed by atoms with Crippen LogP contribution in [0.1, 0.15) is 37.6 Å². The van der Waals surface area contributed by atoms with Crippen LogP contribution >= 0.6 is 42.1 Å². The van der Waals surface area contributed by atoms with Crippen molar-refractivity contribution >= 4 is 70.2 Å². The lowest BCUT2D eigenvalue weighted by Crippen LogP contribution is -2.27. The Balaban J connectivity index is 1.89. The number of hydrogen-bond acceptors (Lipinski definition) is 6. The van der Waals surface area contributed by atoms with E-state index in [1.165, 1.54) is 17.5 Å². The molecule has 0 aliphatic carbocycles. The maximum atomic E-state index is 13.3. The Morgan fingerprint density at radius 3 is 2.57 bits per heavy atom. The van der Waals surface area contributed by atoms with Gasteiger partial charge in [0.2, 0.25) is 12.7 Å². The van der Waals surface area contributed by atoms with Crippen molar-refractivity contribution in [2.75, 3.05) is 6.79 Å². The summed E-state index contributed by atoms with van der Waals surface area (Å²) in [5.74, 6) is -1.40. The van der Waals surface area contributed by atoms with Crippen LogP contribution in [0.3, 0.4) is 0 Å². The van der Waals surface area contributed by atoms with E-state index < -0.39 is 37.3 Å². The molecule has 0 spiro atoms. The normalized spacial score (nSPS) is 14.6. The number of nitrogens with one attached hydrogen (secondary N) is 1. The summed E-state index contributed by atoms with van der Waals surface area (Å²) in [6.45, 7) is 4.13. The van der Waals surface area contributed by atoms with Crippen molar-refractivity contribution in [2.45, 2.75) is 26.4 Å². The third-order valence-corrected chi connectivity index (χ3v) is 7.92. The molecule has 35 heavy (non-hydrogen) atoms. The van der Waals surface area contributed by atoms with E-state index >= 15 is 0 Å². The quantitative estimate of drug-likeness (QED) is 0.180. The van der Waals surface area contributed by atoms with Gasteiger partial charge in [0.25, 0.3) is 0 Å². The minimum absolute atomic E-state index is 0.272. The van der Waals surface area contributed by atoms with E-state index in [0.29, 0.717) is 15.4 Å². The lowest BCUT2D eigenvalue weighted by molar-refractivity contribution is -0.159. The molecule has 2 unspecified atom stereocenters. The molecular weight excluding hydrogens is 532 g/mol. The minimum Gasteiger partial charge on any atom is -0.438 e. The Kier molecular flexibility index (Phi) is 8.81. The van der Waals surface area contributed by atoms with Gasteiger partial charge in [-0.3, -0.25) is 18.7 Å². The molecule has 0 fully saturated rings. The molecular formula is C24H24Cl2NO6PS. The van der Waals surface area contributed by atoms with Crippen LogP contribution in [-0.2, 0) is 23.4 Å². The van der Waals surface area contributed by atoms with Gasteiger partial charge in [0.15, 0.2) is 5.66 Å². The van der Waals surface area contributed by atoms with Crippen molar-refractivity contribution in [3.8, 4) is 0 Å². The van der Waals surface area contributed by atoms with Crippen LogP contribution in [0, 0.1) is 5.41 Å². The van der Waals surface area contributed by atoms with Crippen LogP contribution in [0.15, 0.2) is 54.0 Å². The molecule has 186 valence electrons. The van der Waals surface area contributed by atoms with Gasteiger partial charge >= 0.3 is 13.6 Å². The molecule has 0 radical (unpaired) electrons. The first kappa shape index (κ1) is 27.4. The zero-order valence-corrected chi connectivity index (χ0v) is 22.4. The summed E-state index contributed by atoms with van der Waals surface area (Å²) in [5, 5.41) is 5.63. The first-order valence-corrected chi connectivity index (χ1v) is 13.7. The van der Waals surface area contributed by atoms with Gasteiger partial charge in [-0.05, 0) is 79.1 Å². The van der Waals surface area contributed by atoms with Crippen molar-refractivity contribution in [3.05, 3.63) is 75.2 Å². The lowest BCUT2D eigenvalue weighted by atomic mass is 9.98. The summed E-state index contributed by atoms with van der Waals surface area (Å²) in [6, 6.07) is 12.0. The number of carbonyl (C=O) groups is 2. The second kappa shape index (κ2) is 11.2. The number of halogens is 2. The lowest BCUT2D eigenvalue weighted by Gasteiger charge is -2.22. The van der Waals surface area contributed by atoms with Crippen molar-refractivity contribution in [3.63, 3.8) is 0 Å². The summed E-state index contributed by atoms with van der Waals surface area (Å²) in [6.07, 6.45) is 2.94. The summed E-state index contributed by atoms with van der Waals surface area (Å²) < 4.78 is 24.2. The largest absolute Gasteiger partial charge is 0.438 e. The fourth-order valence-corrected chi connectivity index (χ4v) is 5.78. The van der Waals surface area contributed by atoms with Gasteiger partial charge in [0.1, 0.15) is 0 Å². The number of thiophene rings is 1. The second-order valence-corrected chi connectivity index (χ2v) is 12.3. The molecule has 1 heterocycles. The summed E-state index contributed by atoms with van der Waals surface area (Å²) in [5.41, 5.74) is -1.44. The SMILES string of the molecule is CC(C)(C)C(=O)OCOP(=O)(O)C(C(=O)NC=Cc1cccc(Cl)c1)c1csc2ccc(Cl)cc12. The molecule has 2 atom stereocenters. The molecule has 3 aromatic rings. The number of esters is 1. The smallest absolute Gasteiger partial charge is 0.347 e. The number of amides is 1. The Bertz CT molecular complexity index is 1320. The number of carbonyl (C=O) groups excluding carboxylic acids is 2. The van der Waals surface area contributed by atoms with E-state index in [1.807, 2.05) is 0 Å². The highest BCUT2D eigenvalue weighted by Gasteiger charge is 2.42. The van der Waals surface area contributed by atoms with E-state index in [4.69, 9.17) is 32.5 Å². The zero-order valence-electron chi connectivity index (χ0n) is 19.2. The topological polar surface area (TPSA) is 102 Å². The Hall–Kier alpha value is -2.19. The highest BCUT2D eigenvalue weighted by atomic mass is 35.5. The molecule has 7 nitrogen and oxygen atoms in total. The predicted molar refractivity (Wildman–Crippen MR) is 140 cm³/mol. The fourth-order valence-electron chi connectivity index (χ4n) is 3.05. The Labute approximate surface area is 217 Å². The summed E-state index contributed by atoms with van der Waals surface area (Å²) in [7, 11) is -4.68. The Morgan fingerprint density at radius 1 is 1.17 bits per heavy atom. The van der Waals surface area contributed by atoms with Crippen LogP contribution < -0.4 is 5.32 Å². The van der Waals surface area contributed by atoms with Crippen molar-refractivity contribution in [1.29, 1.82) is 0 Å². The van der Waals surface area contributed by atoms with E-state index in [2.05, 4.69) is 5.32 Å². The summed E-state index contributed by atoms with van der Waals surface area (Å²) >= 11 is 13.4. The molecule has 1 amide bonds. The van der Waals surface area contributed by atoms with Crippen molar-refractivity contribution in [2.24, 2.45) is 5.41 Å². The van der Waals surface area contributed by atoms with Crippen LogP contribution in [-0.4, -0.2) is 23.6 Å². The molecule has 0 aliphatic rings.